The monoisotopic (exact) mass is 447 g/mol. The average molecular weight is 447 g/mol. The molecule has 0 aliphatic heterocycles. The van der Waals surface area contributed by atoms with Gasteiger partial charge < -0.3 is 14.6 Å². The van der Waals surface area contributed by atoms with Crippen LogP contribution in [0.25, 0.3) is 17.5 Å². The Balaban J connectivity index is 1.51. The molecule has 0 saturated carbocycles. The number of aromatic nitrogens is 3. The molecule has 1 aliphatic carbocycles. The zero-order valence-corrected chi connectivity index (χ0v) is 18.8. The highest BCUT2D eigenvalue weighted by molar-refractivity contribution is 5.94. The first kappa shape index (κ1) is 22.2. The van der Waals surface area contributed by atoms with Crippen LogP contribution in [0.1, 0.15) is 60.6 Å². The molecule has 0 unspecified atom stereocenters. The van der Waals surface area contributed by atoms with Crippen molar-refractivity contribution < 1.29 is 18.8 Å². The minimum atomic E-state index is -0.376. The maximum Gasteiger partial charge on any atom is 0.303 e. The van der Waals surface area contributed by atoms with E-state index in [4.69, 9.17) is 9.26 Å². The van der Waals surface area contributed by atoms with Crippen LogP contribution in [0, 0.1) is 0 Å². The van der Waals surface area contributed by atoms with E-state index in [-0.39, 0.29) is 24.5 Å². The van der Waals surface area contributed by atoms with Crippen molar-refractivity contribution in [2.45, 2.75) is 46.3 Å². The Labute approximate surface area is 191 Å². The molecule has 0 radical (unpaired) electrons. The molecule has 2 heterocycles. The fraction of sp³-hybridized carbons (Fsp3) is 0.292. The van der Waals surface area contributed by atoms with Gasteiger partial charge in [0.05, 0.1) is 12.2 Å². The molecule has 1 amide bonds. The molecule has 1 atom stereocenters. The summed E-state index contributed by atoms with van der Waals surface area (Å²) >= 11 is 0. The fourth-order valence-electron chi connectivity index (χ4n) is 3.87. The normalized spacial score (nSPS) is 14.5. The van der Waals surface area contributed by atoms with Gasteiger partial charge in [0.25, 0.3) is 5.91 Å². The van der Waals surface area contributed by atoms with E-state index < -0.39 is 0 Å². The number of carbonyl (C=O) groups is 2. The molecular weight excluding hydrogens is 422 g/mol. The minimum Gasteiger partial charge on any atom is -0.458 e. The summed E-state index contributed by atoms with van der Waals surface area (Å²) in [4.78, 5) is 32.1. The Morgan fingerprint density at radius 1 is 1.33 bits per heavy atom. The van der Waals surface area contributed by atoms with Crippen LogP contribution in [0.15, 0.2) is 45.6 Å². The van der Waals surface area contributed by atoms with Crippen LogP contribution in [-0.2, 0) is 22.6 Å². The smallest absolute Gasteiger partial charge is 0.303 e. The van der Waals surface area contributed by atoms with Crippen LogP contribution in [0.2, 0.25) is 0 Å². The Hall–Kier alpha value is -4.01. The van der Waals surface area contributed by atoms with Gasteiger partial charge in [-0.05, 0) is 50.6 Å². The van der Waals surface area contributed by atoms with Crippen molar-refractivity contribution in [2.75, 3.05) is 0 Å². The van der Waals surface area contributed by atoms with E-state index in [1.807, 2.05) is 32.2 Å². The Kier molecular flexibility index (Phi) is 6.21. The van der Waals surface area contributed by atoms with Crippen LogP contribution >= 0.6 is 0 Å². The average Bonchev–Trinajstić information content (AvgIpc) is 3.50. The van der Waals surface area contributed by atoms with Gasteiger partial charge in [-0.3, -0.25) is 14.2 Å². The van der Waals surface area contributed by atoms with Gasteiger partial charge in [0.1, 0.15) is 11.4 Å². The third-order valence-electron chi connectivity index (χ3n) is 5.34. The number of nitrogens with one attached hydrogen (secondary N) is 1. The summed E-state index contributed by atoms with van der Waals surface area (Å²) in [5, 5.41) is 7.19. The molecule has 33 heavy (non-hydrogen) atoms. The molecule has 2 aromatic heterocycles. The van der Waals surface area contributed by atoms with Gasteiger partial charge in [0.15, 0.2) is 12.4 Å². The number of ether oxygens (including phenoxy) is 1. The molecule has 0 spiro atoms. The van der Waals surface area contributed by atoms with Gasteiger partial charge in [-0.2, -0.15) is 0 Å². The number of rotatable bonds is 7. The quantitative estimate of drug-likeness (QED) is 0.428. The molecule has 0 saturated heterocycles. The highest BCUT2D eigenvalue weighted by Gasteiger charge is 2.26. The third-order valence-corrected chi connectivity index (χ3v) is 5.34. The van der Waals surface area contributed by atoms with Gasteiger partial charge in [0.2, 0.25) is 5.95 Å². The van der Waals surface area contributed by atoms with Gasteiger partial charge in [-0.25, -0.2) is 9.98 Å². The van der Waals surface area contributed by atoms with E-state index in [2.05, 4.69) is 33.2 Å². The summed E-state index contributed by atoms with van der Waals surface area (Å²) in [7, 11) is 0. The second-order valence-electron chi connectivity index (χ2n) is 8.12. The number of aryl methyl sites for hydroxylation is 1. The van der Waals surface area contributed by atoms with Crippen LogP contribution in [-0.4, -0.2) is 33.3 Å². The molecule has 3 aromatic rings. The third kappa shape index (κ3) is 4.77. The van der Waals surface area contributed by atoms with E-state index in [0.717, 1.165) is 35.1 Å². The van der Waals surface area contributed by atoms with Crippen molar-refractivity contribution in [3.8, 4) is 11.3 Å². The number of imidazole rings is 1. The standard InChI is InChI=1S/C24H25N5O4/c1-14(2)12-29-22(11-26-24(29)25-4)23(31)27-20-8-6-16-9-17(5-7-19(16)20)21-10-18(33-28-21)13-32-15(3)30/h5,7,9-12,20H,4,6,8,13H2,1-3H3,(H,27,31)/t20-/m1/s1. The summed E-state index contributed by atoms with van der Waals surface area (Å²) in [5.74, 6) is 0.258. The molecule has 1 aromatic carbocycles. The van der Waals surface area contributed by atoms with Crippen LogP contribution in [0.3, 0.4) is 0 Å². The second-order valence-corrected chi connectivity index (χ2v) is 8.12. The highest BCUT2D eigenvalue weighted by atomic mass is 16.5. The fourth-order valence-corrected chi connectivity index (χ4v) is 3.87. The van der Waals surface area contributed by atoms with E-state index >= 15 is 0 Å². The number of amides is 1. The maximum absolute atomic E-state index is 13.0. The largest absolute Gasteiger partial charge is 0.458 e. The van der Waals surface area contributed by atoms with E-state index in [1.165, 1.54) is 13.1 Å². The van der Waals surface area contributed by atoms with Crippen molar-refractivity contribution >= 4 is 30.7 Å². The number of hydrogen-bond acceptors (Lipinski definition) is 7. The van der Waals surface area contributed by atoms with Crippen molar-refractivity contribution in [2.24, 2.45) is 4.99 Å². The topological polar surface area (TPSA) is 112 Å². The molecule has 1 aliphatic rings. The highest BCUT2D eigenvalue weighted by Crippen LogP contribution is 2.34. The summed E-state index contributed by atoms with van der Waals surface area (Å²) in [6.07, 6.45) is 4.95. The number of nitrogens with zero attached hydrogens (tertiary/aromatic N) is 4. The minimum absolute atomic E-state index is 0.0494. The van der Waals surface area contributed by atoms with E-state index in [1.54, 1.807) is 10.6 Å². The number of fused-ring (bicyclic) bond motifs is 1. The Bertz CT molecular complexity index is 1250. The number of aliphatic imine (C=N–C) groups is 1. The van der Waals surface area contributed by atoms with Crippen molar-refractivity contribution in [3.63, 3.8) is 0 Å². The van der Waals surface area contributed by atoms with Crippen LogP contribution in [0.4, 0.5) is 5.95 Å². The lowest BCUT2D eigenvalue weighted by Gasteiger charge is -2.15. The molecule has 170 valence electrons. The van der Waals surface area contributed by atoms with Gasteiger partial charge in [-0.1, -0.05) is 22.9 Å². The van der Waals surface area contributed by atoms with E-state index in [0.29, 0.717) is 23.1 Å². The first-order valence-electron chi connectivity index (χ1n) is 10.6. The zero-order chi connectivity index (χ0) is 23.5. The van der Waals surface area contributed by atoms with Gasteiger partial charge in [0, 0.05) is 24.8 Å². The number of carbonyl (C=O) groups excluding carboxylic acids is 2. The summed E-state index contributed by atoms with van der Waals surface area (Å²) in [6, 6.07) is 7.67. The summed E-state index contributed by atoms with van der Waals surface area (Å²) in [6.45, 7) is 8.80. The second kappa shape index (κ2) is 9.23. The van der Waals surface area contributed by atoms with Crippen LogP contribution < -0.4 is 5.32 Å². The molecule has 9 nitrogen and oxygen atoms in total. The van der Waals surface area contributed by atoms with Gasteiger partial charge >= 0.3 is 5.97 Å². The lowest BCUT2D eigenvalue weighted by molar-refractivity contribution is -0.142. The molecule has 0 fully saturated rings. The summed E-state index contributed by atoms with van der Waals surface area (Å²) in [5.41, 5.74) is 5.21. The first-order chi connectivity index (χ1) is 15.9. The lowest BCUT2D eigenvalue weighted by Crippen LogP contribution is -2.28. The molecule has 4 rings (SSSR count). The Morgan fingerprint density at radius 3 is 2.88 bits per heavy atom. The number of hydrogen-bond donors (Lipinski definition) is 1. The van der Waals surface area contributed by atoms with Crippen molar-refractivity contribution in [1.82, 2.24) is 20.0 Å². The lowest BCUT2D eigenvalue weighted by atomic mass is 10.0. The molecule has 1 N–H and O–H groups in total. The van der Waals surface area contributed by atoms with Crippen molar-refractivity contribution in [1.29, 1.82) is 0 Å². The number of allylic oxidation sites excluding steroid dienone is 1. The predicted molar refractivity (Wildman–Crippen MR) is 123 cm³/mol. The van der Waals surface area contributed by atoms with Gasteiger partial charge in [-0.15, -0.1) is 0 Å². The van der Waals surface area contributed by atoms with E-state index in [9.17, 15) is 9.59 Å². The first-order valence-corrected chi connectivity index (χ1v) is 10.6. The molecular formula is C24H25N5O4. The summed E-state index contributed by atoms with van der Waals surface area (Å²) < 4.78 is 11.8. The molecule has 9 heteroatoms. The zero-order valence-electron chi connectivity index (χ0n) is 18.8. The number of benzene rings is 1. The Morgan fingerprint density at radius 2 is 2.15 bits per heavy atom. The molecule has 0 bridgehead atoms. The predicted octanol–water partition coefficient (Wildman–Crippen LogP) is 4.23. The van der Waals surface area contributed by atoms with Crippen LogP contribution in [0.5, 0.6) is 0 Å². The number of esters is 1. The SMILES string of the molecule is C=Nc1ncc(C(=O)N[C@@H]2CCc3cc(-c4cc(COC(C)=O)on4)ccc32)n1C=C(C)C. The van der Waals surface area contributed by atoms with Crippen molar-refractivity contribution in [3.05, 3.63) is 58.6 Å². The maximum atomic E-state index is 13.0.